The monoisotopic (exact) mass is 295 g/mol. The van der Waals surface area contributed by atoms with Gasteiger partial charge in [-0.15, -0.1) is 0 Å². The molecular formula is C13H17N3O3S. The van der Waals surface area contributed by atoms with Crippen molar-refractivity contribution in [1.82, 2.24) is 9.55 Å². The minimum Gasteiger partial charge on any atom is -0.334 e. The molecule has 0 aliphatic heterocycles. The number of aryl methyl sites for hydroxylation is 1. The largest absolute Gasteiger partial charge is 0.334 e. The number of carbonyl (C=O) groups excluding carboxylic acids is 1. The molecule has 108 valence electrons. The predicted molar refractivity (Wildman–Crippen MR) is 78.2 cm³/mol. The molecule has 0 aliphatic rings. The van der Waals surface area contributed by atoms with Gasteiger partial charge in [0.2, 0.25) is 5.91 Å². The number of rotatable bonds is 4. The molecule has 20 heavy (non-hydrogen) atoms. The van der Waals surface area contributed by atoms with E-state index in [1.54, 1.807) is 25.4 Å². The van der Waals surface area contributed by atoms with Gasteiger partial charge in [-0.2, -0.15) is 0 Å². The van der Waals surface area contributed by atoms with Gasteiger partial charge in [0.15, 0.2) is 0 Å². The van der Waals surface area contributed by atoms with Crippen LogP contribution in [0.2, 0.25) is 0 Å². The summed E-state index contributed by atoms with van der Waals surface area (Å²) in [6.07, 6.45) is 2.82. The predicted octanol–water partition coefficient (Wildman–Crippen LogP) is 1.19. The first-order valence-corrected chi connectivity index (χ1v) is 8.22. The Morgan fingerprint density at radius 2 is 2.15 bits per heavy atom. The molecule has 1 aromatic heterocycles. The average molecular weight is 295 g/mol. The highest BCUT2D eigenvalue weighted by Crippen LogP contribution is 2.18. The molecule has 1 aromatic carbocycles. The molecule has 1 N–H and O–H groups in total. The van der Waals surface area contributed by atoms with Gasteiger partial charge in [-0.3, -0.25) is 4.79 Å². The fourth-order valence-corrected chi connectivity index (χ4v) is 3.07. The van der Waals surface area contributed by atoms with Gasteiger partial charge in [0.1, 0.15) is 9.84 Å². The van der Waals surface area contributed by atoms with Gasteiger partial charge in [-0.05, 0) is 18.2 Å². The van der Waals surface area contributed by atoms with Crippen molar-refractivity contribution >= 4 is 32.5 Å². The van der Waals surface area contributed by atoms with Crippen LogP contribution in [0.5, 0.6) is 0 Å². The number of aromatic nitrogens is 2. The van der Waals surface area contributed by atoms with Gasteiger partial charge >= 0.3 is 0 Å². The number of fused-ring (bicyclic) bond motifs is 1. The Bertz CT molecular complexity index is 749. The van der Waals surface area contributed by atoms with E-state index in [-0.39, 0.29) is 11.7 Å². The van der Waals surface area contributed by atoms with E-state index in [1.807, 2.05) is 17.7 Å². The molecule has 0 aliphatic carbocycles. The van der Waals surface area contributed by atoms with Gasteiger partial charge < -0.3 is 9.88 Å². The highest BCUT2D eigenvalue weighted by atomic mass is 32.2. The number of benzene rings is 1. The van der Waals surface area contributed by atoms with E-state index < -0.39 is 15.8 Å². The Kier molecular flexibility index (Phi) is 3.80. The summed E-state index contributed by atoms with van der Waals surface area (Å²) in [5.41, 5.74) is 2.36. The fourth-order valence-electron chi connectivity index (χ4n) is 2.01. The van der Waals surface area contributed by atoms with E-state index in [2.05, 4.69) is 10.3 Å². The molecule has 0 spiro atoms. The maximum absolute atomic E-state index is 11.9. The summed E-state index contributed by atoms with van der Waals surface area (Å²) in [4.78, 5) is 16.1. The first-order valence-electron chi connectivity index (χ1n) is 6.16. The van der Waals surface area contributed by atoms with Crippen molar-refractivity contribution < 1.29 is 13.2 Å². The van der Waals surface area contributed by atoms with Crippen LogP contribution < -0.4 is 5.32 Å². The number of imidazole rings is 1. The Morgan fingerprint density at radius 3 is 2.80 bits per heavy atom. The third-order valence-electron chi connectivity index (χ3n) is 2.99. The van der Waals surface area contributed by atoms with Crippen LogP contribution >= 0.6 is 0 Å². The second-order valence-electron chi connectivity index (χ2n) is 5.04. The smallest absolute Gasteiger partial charge is 0.228 e. The number of hydrogen-bond donors (Lipinski definition) is 1. The Labute approximate surface area is 117 Å². The summed E-state index contributed by atoms with van der Waals surface area (Å²) >= 11 is 0. The fraction of sp³-hybridized carbons (Fsp3) is 0.385. The van der Waals surface area contributed by atoms with Gasteiger partial charge in [-0.25, -0.2) is 13.4 Å². The molecular weight excluding hydrogens is 278 g/mol. The standard InChI is InChI=1S/C13H17N3O3S/c1-9(7-20(3,18)19)13(17)15-10-4-5-12-11(6-10)14-8-16(12)2/h4-6,8-9H,7H2,1-3H3,(H,15,17). The van der Waals surface area contributed by atoms with Gasteiger partial charge in [-0.1, -0.05) is 6.92 Å². The van der Waals surface area contributed by atoms with Crippen molar-refractivity contribution in [1.29, 1.82) is 0 Å². The lowest BCUT2D eigenvalue weighted by Gasteiger charge is -2.11. The van der Waals surface area contributed by atoms with Gasteiger partial charge in [0.25, 0.3) is 0 Å². The molecule has 1 atom stereocenters. The van der Waals surface area contributed by atoms with Crippen LogP contribution in [0.15, 0.2) is 24.5 Å². The molecule has 0 saturated heterocycles. The molecule has 0 fully saturated rings. The van der Waals surface area contributed by atoms with Crippen LogP contribution in [-0.2, 0) is 21.7 Å². The third kappa shape index (κ3) is 3.36. The molecule has 1 amide bonds. The summed E-state index contributed by atoms with van der Waals surface area (Å²) < 4.78 is 24.2. The number of amides is 1. The van der Waals surface area contributed by atoms with Crippen molar-refractivity contribution in [3.8, 4) is 0 Å². The molecule has 2 rings (SSSR count). The second-order valence-corrected chi connectivity index (χ2v) is 7.23. The van der Waals surface area contributed by atoms with Crippen molar-refractivity contribution in [3.05, 3.63) is 24.5 Å². The van der Waals surface area contributed by atoms with E-state index in [9.17, 15) is 13.2 Å². The van der Waals surface area contributed by atoms with Crippen molar-refractivity contribution in [2.75, 3.05) is 17.3 Å². The highest BCUT2D eigenvalue weighted by Gasteiger charge is 2.18. The quantitative estimate of drug-likeness (QED) is 0.918. The summed E-state index contributed by atoms with van der Waals surface area (Å²) in [6.45, 7) is 1.59. The lowest BCUT2D eigenvalue weighted by atomic mass is 10.2. The zero-order chi connectivity index (χ0) is 14.9. The topological polar surface area (TPSA) is 81.1 Å². The van der Waals surface area contributed by atoms with E-state index in [1.165, 1.54) is 0 Å². The van der Waals surface area contributed by atoms with Crippen LogP contribution in [0.1, 0.15) is 6.92 Å². The van der Waals surface area contributed by atoms with Crippen LogP contribution in [0.4, 0.5) is 5.69 Å². The van der Waals surface area contributed by atoms with Crippen LogP contribution in [0.25, 0.3) is 11.0 Å². The van der Waals surface area contributed by atoms with Crippen molar-refractivity contribution in [2.45, 2.75) is 6.92 Å². The van der Waals surface area contributed by atoms with E-state index in [0.717, 1.165) is 17.3 Å². The lowest BCUT2D eigenvalue weighted by molar-refractivity contribution is -0.118. The number of nitrogens with zero attached hydrogens (tertiary/aromatic N) is 2. The number of sulfone groups is 1. The van der Waals surface area contributed by atoms with E-state index in [4.69, 9.17) is 0 Å². The summed E-state index contributed by atoms with van der Waals surface area (Å²) in [7, 11) is -1.28. The van der Waals surface area contributed by atoms with E-state index >= 15 is 0 Å². The van der Waals surface area contributed by atoms with Crippen LogP contribution in [0, 0.1) is 5.92 Å². The average Bonchev–Trinajstić information content (AvgIpc) is 2.68. The lowest BCUT2D eigenvalue weighted by Crippen LogP contribution is -2.26. The number of hydrogen-bond acceptors (Lipinski definition) is 4. The normalized spacial score (nSPS) is 13.3. The Balaban J connectivity index is 2.13. The first-order chi connectivity index (χ1) is 9.26. The molecule has 0 radical (unpaired) electrons. The number of carbonyl (C=O) groups is 1. The molecule has 6 nitrogen and oxygen atoms in total. The van der Waals surface area contributed by atoms with Gasteiger partial charge in [0, 0.05) is 24.9 Å². The van der Waals surface area contributed by atoms with Gasteiger partial charge in [0.05, 0.1) is 23.1 Å². The summed E-state index contributed by atoms with van der Waals surface area (Å²) in [5.74, 6) is -1.07. The second kappa shape index (κ2) is 5.24. The zero-order valence-corrected chi connectivity index (χ0v) is 12.4. The van der Waals surface area contributed by atoms with Crippen LogP contribution in [0.3, 0.4) is 0 Å². The first kappa shape index (κ1) is 14.5. The molecule has 2 aromatic rings. The minimum absolute atomic E-state index is 0.162. The highest BCUT2D eigenvalue weighted by molar-refractivity contribution is 7.90. The maximum Gasteiger partial charge on any atom is 0.228 e. The third-order valence-corrected chi connectivity index (χ3v) is 4.10. The van der Waals surface area contributed by atoms with Crippen molar-refractivity contribution in [2.24, 2.45) is 13.0 Å². The van der Waals surface area contributed by atoms with E-state index in [0.29, 0.717) is 5.69 Å². The number of nitrogens with one attached hydrogen (secondary N) is 1. The maximum atomic E-state index is 11.9. The Morgan fingerprint density at radius 1 is 1.45 bits per heavy atom. The summed E-state index contributed by atoms with van der Waals surface area (Å²) in [5, 5.41) is 2.71. The zero-order valence-electron chi connectivity index (χ0n) is 11.6. The summed E-state index contributed by atoms with van der Waals surface area (Å²) in [6, 6.07) is 5.40. The van der Waals surface area contributed by atoms with Crippen molar-refractivity contribution in [3.63, 3.8) is 0 Å². The number of anilines is 1. The molecule has 7 heteroatoms. The van der Waals surface area contributed by atoms with Crippen LogP contribution in [-0.4, -0.2) is 35.9 Å². The molecule has 0 saturated carbocycles. The molecule has 1 heterocycles. The minimum atomic E-state index is -3.17. The molecule has 1 unspecified atom stereocenters. The molecule has 0 bridgehead atoms. The SMILES string of the molecule is CC(CS(C)(=O)=O)C(=O)Nc1ccc2c(c1)ncn2C. The Hall–Kier alpha value is -1.89.